The molecule has 0 N–H and O–H groups in total. The Balaban J connectivity index is 0.943. The SMILES string of the molecule is F[B-]1(F)OC(CCCCCCCCCCC2=[N+]3[N+](=Cc4cccn4[B-]3(F)F)[B-](F)(F)O2)=[N+]2[N+]1=Cc1cccn1[B-]2(F)F. The molecule has 6 rings (SSSR count). The van der Waals surface area contributed by atoms with E-state index in [0.717, 1.165) is 50.5 Å². The van der Waals surface area contributed by atoms with Gasteiger partial charge in [0, 0.05) is 0 Å². The highest BCUT2D eigenvalue weighted by Crippen LogP contribution is 2.32. The maximum atomic E-state index is 15.0. The van der Waals surface area contributed by atoms with E-state index in [1.54, 1.807) is 0 Å². The van der Waals surface area contributed by atoms with Crippen molar-refractivity contribution in [2.24, 2.45) is 0 Å². The zero-order valence-corrected chi connectivity index (χ0v) is 22.5. The van der Waals surface area contributed by atoms with E-state index in [4.69, 9.17) is 9.31 Å². The van der Waals surface area contributed by atoms with Gasteiger partial charge in [0.15, 0.2) is 12.4 Å². The summed E-state index contributed by atoms with van der Waals surface area (Å²) in [6, 6.07) is 5.40. The lowest BCUT2D eigenvalue weighted by Gasteiger charge is -2.24. The van der Waals surface area contributed by atoms with Crippen molar-refractivity contribution in [3.63, 3.8) is 0 Å². The third-order valence-electron chi connectivity index (χ3n) is 8.12. The van der Waals surface area contributed by atoms with E-state index in [0.29, 0.717) is 34.6 Å². The molecule has 2 aromatic heterocycles. The first-order valence-electron chi connectivity index (χ1n) is 14.2. The second-order valence-corrected chi connectivity index (χ2v) is 11.0. The Bertz CT molecular complexity index is 1420. The summed E-state index contributed by atoms with van der Waals surface area (Å²) in [4.78, 5) is 0. The molecule has 0 saturated heterocycles. The van der Waals surface area contributed by atoms with Crippen LogP contribution in [0.15, 0.2) is 36.7 Å². The van der Waals surface area contributed by atoms with Crippen LogP contribution in [0.1, 0.15) is 75.6 Å². The second kappa shape index (κ2) is 10.1. The van der Waals surface area contributed by atoms with Gasteiger partial charge in [-0.15, -0.1) is 18.4 Å². The molecule has 0 aromatic carbocycles. The van der Waals surface area contributed by atoms with Crippen LogP contribution in [0.5, 0.6) is 0 Å². The van der Waals surface area contributed by atoms with Crippen molar-refractivity contribution in [3.05, 3.63) is 48.0 Å². The first-order chi connectivity index (χ1) is 19.8. The van der Waals surface area contributed by atoms with Gasteiger partial charge in [-0.1, -0.05) is 38.5 Å². The second-order valence-electron chi connectivity index (χ2n) is 11.0. The fraction of sp³-hybridized carbons (Fsp3) is 0.455. The smallest absolute Gasteiger partial charge is 0.550 e. The Morgan fingerprint density at radius 2 is 0.905 bits per heavy atom. The number of rotatable bonds is 11. The lowest BCUT2D eigenvalue weighted by molar-refractivity contribution is -1.01. The highest BCUT2D eigenvalue weighted by atomic mass is 19.3. The topological polar surface area (TPSA) is 40.4 Å². The van der Waals surface area contributed by atoms with Gasteiger partial charge in [-0.05, 0) is 49.5 Å². The van der Waals surface area contributed by atoms with Crippen LogP contribution in [0.2, 0.25) is 0 Å². The standard InChI is InChI=1S/C22H28B4F8N6O2/c27-23(28)35-15-9-11-19(35)17-37-25(31,32)41-21(39(23)37)13-7-5-3-1-2-4-6-8-14-22-40-24(29,30)36-16-10-12-20(36)18-38(40)26(33,34)42-22/h9-12,15-18H,1-8,13-14H2. The van der Waals surface area contributed by atoms with Gasteiger partial charge in [-0.2, -0.15) is 0 Å². The molecule has 0 spiro atoms. The number of hydrogen-bond donors (Lipinski definition) is 0. The van der Waals surface area contributed by atoms with E-state index in [1.807, 2.05) is 0 Å². The minimum Gasteiger partial charge on any atom is -0.550 e. The molecule has 0 unspecified atom stereocenters. The van der Waals surface area contributed by atoms with Crippen LogP contribution in [0.3, 0.4) is 0 Å². The van der Waals surface area contributed by atoms with Crippen molar-refractivity contribution < 1.29 is 62.2 Å². The van der Waals surface area contributed by atoms with Crippen LogP contribution in [0.4, 0.5) is 34.5 Å². The molecule has 0 atom stereocenters. The fourth-order valence-corrected chi connectivity index (χ4v) is 6.12. The molecular formula is C22H28B4F8N6O2. The van der Waals surface area contributed by atoms with Crippen molar-refractivity contribution >= 4 is 52.2 Å². The summed E-state index contributed by atoms with van der Waals surface area (Å²) >= 11 is 0. The Kier molecular flexibility index (Phi) is 6.87. The number of hydrogen-bond acceptors (Lipinski definition) is 2. The van der Waals surface area contributed by atoms with Crippen LogP contribution in [0.25, 0.3) is 0 Å². The maximum Gasteiger partial charge on any atom is 0.890 e. The molecule has 0 saturated carbocycles. The molecule has 42 heavy (non-hydrogen) atoms. The molecule has 0 bridgehead atoms. The van der Waals surface area contributed by atoms with Gasteiger partial charge >= 0.3 is 39.8 Å². The number of hydrazine groups is 2. The lowest BCUT2D eigenvalue weighted by Crippen LogP contribution is -2.58. The molecule has 226 valence electrons. The van der Waals surface area contributed by atoms with Crippen LogP contribution < -0.4 is 0 Å². The third kappa shape index (κ3) is 4.66. The number of unbranched alkanes of at least 4 members (excludes halogenated alkanes) is 7. The average molecular weight is 604 g/mol. The van der Waals surface area contributed by atoms with Gasteiger partial charge in [0.2, 0.25) is 0 Å². The summed E-state index contributed by atoms with van der Waals surface area (Å²) < 4.78 is 129. The highest BCUT2D eigenvalue weighted by Gasteiger charge is 2.70. The Hall–Kier alpha value is -3.46. The van der Waals surface area contributed by atoms with Crippen LogP contribution >= 0.6 is 0 Å². The lowest BCUT2D eigenvalue weighted by atomic mass is 9.94. The Morgan fingerprint density at radius 3 is 1.29 bits per heavy atom. The maximum absolute atomic E-state index is 15.0. The molecule has 8 nitrogen and oxygen atoms in total. The monoisotopic (exact) mass is 604 g/mol. The van der Waals surface area contributed by atoms with E-state index in [1.165, 1.54) is 24.3 Å². The van der Waals surface area contributed by atoms with E-state index in [-0.39, 0.29) is 42.6 Å². The van der Waals surface area contributed by atoms with Gasteiger partial charge < -0.3 is 52.8 Å². The fourth-order valence-electron chi connectivity index (χ4n) is 6.12. The van der Waals surface area contributed by atoms with E-state index >= 15 is 17.3 Å². The van der Waals surface area contributed by atoms with Gasteiger partial charge in [0.1, 0.15) is 0 Å². The van der Waals surface area contributed by atoms with Crippen LogP contribution in [-0.4, -0.2) is 79.6 Å². The third-order valence-corrected chi connectivity index (χ3v) is 8.12. The van der Waals surface area contributed by atoms with Gasteiger partial charge in [-0.25, -0.2) is 0 Å². The first kappa shape index (κ1) is 28.6. The zero-order valence-electron chi connectivity index (χ0n) is 22.5. The molecule has 0 fully saturated rings. The normalized spacial score (nSPS) is 22.1. The number of hydrazone groups is 4. The van der Waals surface area contributed by atoms with E-state index in [9.17, 15) is 17.3 Å². The quantitative estimate of drug-likeness (QED) is 0.213. The molecule has 0 aliphatic carbocycles. The van der Waals surface area contributed by atoms with Crippen molar-refractivity contribution in [1.82, 2.24) is 8.96 Å². The average Bonchev–Trinajstić information content (AvgIpc) is 3.67. The van der Waals surface area contributed by atoms with Gasteiger partial charge in [-0.3, -0.25) is 0 Å². The summed E-state index contributed by atoms with van der Waals surface area (Å²) in [6.45, 7) is -9.03. The van der Waals surface area contributed by atoms with E-state index in [2.05, 4.69) is 0 Å². The molecule has 6 heterocycles. The van der Waals surface area contributed by atoms with Gasteiger partial charge in [0.05, 0.1) is 24.2 Å². The molecule has 0 radical (unpaired) electrons. The van der Waals surface area contributed by atoms with Crippen molar-refractivity contribution in [2.75, 3.05) is 0 Å². The minimum absolute atomic E-state index is 0.0305. The predicted octanol–water partition coefficient (Wildman–Crippen LogP) is 4.69. The van der Waals surface area contributed by atoms with Gasteiger partial charge in [0.25, 0.3) is 0 Å². The number of nitrogens with zero attached hydrogens (tertiary/aromatic N) is 6. The van der Waals surface area contributed by atoms with Crippen LogP contribution in [0, 0.1) is 0 Å². The molecule has 20 heteroatoms. The summed E-state index contributed by atoms with van der Waals surface area (Å²) in [5.41, 5.74) is -0.0610. The van der Waals surface area contributed by atoms with E-state index < -0.39 is 39.8 Å². The molecule has 2 aromatic rings. The Labute approximate surface area is 236 Å². The summed E-state index contributed by atoms with van der Waals surface area (Å²) in [6.07, 6.45) is 9.09. The largest absolute Gasteiger partial charge is 0.890 e. The highest BCUT2D eigenvalue weighted by molar-refractivity contribution is 6.61. The summed E-state index contributed by atoms with van der Waals surface area (Å²) in [5.74, 6) is -0.909. The predicted molar refractivity (Wildman–Crippen MR) is 141 cm³/mol. The van der Waals surface area contributed by atoms with Crippen LogP contribution in [-0.2, 0) is 9.31 Å². The number of halogens is 8. The first-order valence-corrected chi connectivity index (χ1v) is 14.2. The van der Waals surface area contributed by atoms with Crippen molar-refractivity contribution in [3.8, 4) is 0 Å². The molecule has 0 amide bonds. The molecular weight excluding hydrogens is 576 g/mol. The zero-order chi connectivity index (χ0) is 29.9. The summed E-state index contributed by atoms with van der Waals surface area (Å²) in [5, 5.41) is 0. The Morgan fingerprint density at radius 1 is 0.548 bits per heavy atom. The van der Waals surface area contributed by atoms with Crippen molar-refractivity contribution in [1.29, 1.82) is 0 Å². The minimum atomic E-state index is -4.65. The number of fused-ring (bicyclic) bond motifs is 4. The molecule has 4 aliphatic heterocycles. The van der Waals surface area contributed by atoms with Crippen molar-refractivity contribution in [2.45, 2.75) is 64.2 Å². The molecule has 4 aliphatic rings. The summed E-state index contributed by atoms with van der Waals surface area (Å²) in [7, 11) is -9.30. The number of aromatic nitrogens is 2.